The van der Waals surface area contributed by atoms with E-state index < -0.39 is 0 Å². The summed E-state index contributed by atoms with van der Waals surface area (Å²) >= 11 is 0. The number of ether oxygens (including phenoxy) is 2. The summed E-state index contributed by atoms with van der Waals surface area (Å²) in [6.45, 7) is 5.44. The molecule has 0 amide bonds. The van der Waals surface area contributed by atoms with Gasteiger partial charge >= 0.3 is 5.97 Å². The largest absolute Gasteiger partial charge is 0.461 e. The number of carbonyl (C=O) groups is 1. The summed E-state index contributed by atoms with van der Waals surface area (Å²) in [4.78, 5) is 18.9. The smallest absolute Gasteiger partial charge is 0.309 e. The maximum Gasteiger partial charge on any atom is 0.309 e. The molecule has 0 spiro atoms. The Hall–Kier alpha value is -2.40. The normalized spacial score (nSPS) is 15.6. The number of pyridine rings is 1. The van der Waals surface area contributed by atoms with E-state index >= 15 is 0 Å². The number of esters is 1. The van der Waals surface area contributed by atoms with Crippen LogP contribution in [-0.2, 0) is 27.3 Å². The maximum absolute atomic E-state index is 12.2. The summed E-state index contributed by atoms with van der Waals surface area (Å²) in [5, 5.41) is 0. The minimum absolute atomic E-state index is 0.180. The van der Waals surface area contributed by atoms with E-state index in [1.54, 1.807) is 0 Å². The van der Waals surface area contributed by atoms with Crippen LogP contribution in [0.3, 0.4) is 0 Å². The minimum atomic E-state index is -0.195. The molecule has 1 aromatic heterocycles. The lowest BCUT2D eigenvalue weighted by Crippen LogP contribution is -2.36. The van der Waals surface area contributed by atoms with Gasteiger partial charge in [0.05, 0.1) is 19.1 Å². The zero-order valence-electron chi connectivity index (χ0n) is 14.6. The Bertz CT molecular complexity index is 667. The van der Waals surface area contributed by atoms with E-state index in [0.29, 0.717) is 13.0 Å². The maximum atomic E-state index is 12.2. The summed E-state index contributed by atoms with van der Waals surface area (Å²) in [5.41, 5.74) is 2.04. The fourth-order valence-corrected chi connectivity index (χ4v) is 2.82. The molecule has 1 unspecified atom stereocenters. The molecule has 1 aliphatic heterocycles. The van der Waals surface area contributed by atoms with Crippen LogP contribution in [0.1, 0.15) is 18.1 Å². The topological polar surface area (TPSA) is 51.7 Å². The van der Waals surface area contributed by atoms with Crippen LogP contribution < -0.4 is 4.90 Å². The second kappa shape index (κ2) is 8.62. The first-order chi connectivity index (χ1) is 12.2. The van der Waals surface area contributed by atoms with E-state index in [0.717, 1.165) is 43.2 Å². The van der Waals surface area contributed by atoms with Gasteiger partial charge in [-0.25, -0.2) is 4.98 Å². The van der Waals surface area contributed by atoms with Crippen LogP contribution in [0.15, 0.2) is 48.7 Å². The van der Waals surface area contributed by atoms with Crippen molar-refractivity contribution in [3.05, 3.63) is 59.8 Å². The quantitative estimate of drug-likeness (QED) is 0.757. The molecular formula is C20H24N2O3. The predicted octanol–water partition coefficient (Wildman–Crippen LogP) is 2.84. The Kier molecular flexibility index (Phi) is 6.01. The molecule has 5 nitrogen and oxygen atoms in total. The van der Waals surface area contributed by atoms with Crippen molar-refractivity contribution in [2.45, 2.75) is 20.0 Å². The van der Waals surface area contributed by atoms with Crippen molar-refractivity contribution in [1.82, 2.24) is 4.98 Å². The van der Waals surface area contributed by atoms with Crippen LogP contribution in [0.2, 0.25) is 0 Å². The lowest BCUT2D eigenvalue weighted by Gasteiger charge is -2.27. The highest BCUT2D eigenvalue weighted by Crippen LogP contribution is 2.16. The number of morpholine rings is 1. The number of carbonyl (C=O) groups excluding carboxylic acids is 1. The highest BCUT2D eigenvalue weighted by molar-refractivity contribution is 5.72. The number of rotatable bonds is 6. The second-order valence-electron chi connectivity index (χ2n) is 6.32. The lowest BCUT2D eigenvalue weighted by atomic mass is 10.0. The van der Waals surface area contributed by atoms with Crippen molar-refractivity contribution in [2.75, 3.05) is 31.2 Å². The fraction of sp³-hybridized carbons (Fsp3) is 0.400. The van der Waals surface area contributed by atoms with E-state index in [1.807, 2.05) is 55.6 Å². The van der Waals surface area contributed by atoms with Crippen LogP contribution in [0.25, 0.3) is 0 Å². The molecule has 1 aromatic carbocycles. The summed E-state index contributed by atoms with van der Waals surface area (Å²) < 4.78 is 10.8. The van der Waals surface area contributed by atoms with Crippen molar-refractivity contribution in [1.29, 1.82) is 0 Å². The van der Waals surface area contributed by atoms with Gasteiger partial charge < -0.3 is 14.4 Å². The molecule has 0 N–H and O–H groups in total. The lowest BCUT2D eigenvalue weighted by molar-refractivity contribution is -0.149. The zero-order chi connectivity index (χ0) is 17.5. The Morgan fingerprint density at radius 1 is 1.16 bits per heavy atom. The number of hydrogen-bond donors (Lipinski definition) is 0. The van der Waals surface area contributed by atoms with E-state index in [4.69, 9.17) is 9.47 Å². The molecule has 1 saturated heterocycles. The average molecular weight is 340 g/mol. The van der Waals surface area contributed by atoms with Gasteiger partial charge in [-0.2, -0.15) is 0 Å². The summed E-state index contributed by atoms with van der Waals surface area (Å²) in [6.07, 6.45) is 2.48. The summed E-state index contributed by atoms with van der Waals surface area (Å²) in [5.74, 6) is 0.590. The van der Waals surface area contributed by atoms with Gasteiger partial charge in [-0.1, -0.05) is 43.3 Å². The van der Waals surface area contributed by atoms with E-state index in [9.17, 15) is 4.79 Å². The Morgan fingerprint density at radius 2 is 1.92 bits per heavy atom. The molecule has 0 bridgehead atoms. The molecule has 132 valence electrons. The Balaban J connectivity index is 1.49. The van der Waals surface area contributed by atoms with Crippen molar-refractivity contribution >= 4 is 11.8 Å². The molecule has 3 rings (SSSR count). The molecule has 25 heavy (non-hydrogen) atoms. The number of benzene rings is 1. The highest BCUT2D eigenvalue weighted by atomic mass is 16.5. The molecule has 1 aliphatic rings. The molecular weight excluding hydrogens is 316 g/mol. The number of aromatic nitrogens is 1. The molecule has 0 aliphatic carbocycles. The van der Waals surface area contributed by atoms with Crippen molar-refractivity contribution in [3.8, 4) is 0 Å². The second-order valence-corrected chi connectivity index (χ2v) is 6.32. The first-order valence-corrected chi connectivity index (χ1v) is 8.70. The van der Waals surface area contributed by atoms with Gasteiger partial charge in [-0.3, -0.25) is 4.79 Å². The third kappa shape index (κ3) is 5.03. The number of anilines is 1. The molecule has 1 atom stereocenters. The summed E-state index contributed by atoms with van der Waals surface area (Å²) in [6, 6.07) is 13.8. The third-order valence-electron chi connectivity index (χ3n) is 4.31. The van der Waals surface area contributed by atoms with E-state index in [-0.39, 0.29) is 11.9 Å². The Labute approximate surface area is 148 Å². The van der Waals surface area contributed by atoms with Gasteiger partial charge in [0, 0.05) is 19.3 Å². The zero-order valence-corrected chi connectivity index (χ0v) is 14.6. The van der Waals surface area contributed by atoms with Crippen LogP contribution in [0.5, 0.6) is 0 Å². The number of nitrogens with zero attached hydrogens (tertiary/aromatic N) is 2. The van der Waals surface area contributed by atoms with E-state index in [1.165, 1.54) is 0 Å². The van der Waals surface area contributed by atoms with Crippen LogP contribution >= 0.6 is 0 Å². The average Bonchev–Trinajstić information content (AvgIpc) is 2.68. The Morgan fingerprint density at radius 3 is 2.60 bits per heavy atom. The van der Waals surface area contributed by atoms with Crippen LogP contribution in [-0.4, -0.2) is 37.3 Å². The third-order valence-corrected chi connectivity index (χ3v) is 4.31. The van der Waals surface area contributed by atoms with Crippen molar-refractivity contribution in [2.24, 2.45) is 5.92 Å². The molecule has 2 heterocycles. The molecule has 5 heteroatoms. The van der Waals surface area contributed by atoms with Crippen LogP contribution in [0, 0.1) is 5.92 Å². The van der Waals surface area contributed by atoms with Gasteiger partial charge in [0.1, 0.15) is 12.4 Å². The fourth-order valence-electron chi connectivity index (χ4n) is 2.82. The van der Waals surface area contributed by atoms with E-state index in [2.05, 4.69) is 9.88 Å². The van der Waals surface area contributed by atoms with Gasteiger partial charge in [0.2, 0.25) is 0 Å². The van der Waals surface area contributed by atoms with Gasteiger partial charge in [-0.05, 0) is 23.6 Å². The standard InChI is InChI=1S/C20H24N2O3/c1-16(20(23)25-15-17-5-3-2-4-6-17)13-18-7-8-19(21-14-18)22-9-11-24-12-10-22/h2-8,14,16H,9-13,15H2,1H3. The summed E-state index contributed by atoms with van der Waals surface area (Å²) in [7, 11) is 0. The van der Waals surface area contributed by atoms with Crippen LogP contribution in [0.4, 0.5) is 5.82 Å². The molecule has 0 saturated carbocycles. The molecule has 2 aromatic rings. The highest BCUT2D eigenvalue weighted by Gasteiger charge is 2.16. The monoisotopic (exact) mass is 340 g/mol. The number of hydrogen-bond acceptors (Lipinski definition) is 5. The van der Waals surface area contributed by atoms with Gasteiger partial charge in [-0.15, -0.1) is 0 Å². The predicted molar refractivity (Wildman–Crippen MR) is 96.4 cm³/mol. The first kappa shape index (κ1) is 17.4. The van der Waals surface area contributed by atoms with Gasteiger partial charge in [0.25, 0.3) is 0 Å². The molecule has 0 radical (unpaired) electrons. The van der Waals surface area contributed by atoms with Crippen molar-refractivity contribution < 1.29 is 14.3 Å². The first-order valence-electron chi connectivity index (χ1n) is 8.70. The van der Waals surface area contributed by atoms with Crippen molar-refractivity contribution in [3.63, 3.8) is 0 Å². The SMILES string of the molecule is CC(Cc1ccc(N2CCOCC2)nc1)C(=O)OCc1ccccc1. The minimum Gasteiger partial charge on any atom is -0.461 e. The molecule has 1 fully saturated rings. The van der Waals surface area contributed by atoms with Gasteiger partial charge in [0.15, 0.2) is 0 Å².